The first-order chi connectivity index (χ1) is 11.7. The lowest BCUT2D eigenvalue weighted by atomic mass is 10.1. The standard InChI is InChI=1S/C17H16Cl2N2O3S/c1-25(23,24)20-12-3-5-13(6-4-12)21(14-7-8-14)17(22)11-2-9-15(18)16(19)10-11/h2-6,9-10,14,20H,7-8H2,1H3. The van der Waals surface area contributed by atoms with E-state index in [2.05, 4.69) is 4.72 Å². The normalized spacial score (nSPS) is 14.2. The zero-order valence-electron chi connectivity index (χ0n) is 13.4. The van der Waals surface area contributed by atoms with Gasteiger partial charge in [-0.1, -0.05) is 23.2 Å². The summed E-state index contributed by atoms with van der Waals surface area (Å²) < 4.78 is 25.0. The zero-order valence-corrected chi connectivity index (χ0v) is 15.7. The minimum absolute atomic E-state index is 0.135. The van der Waals surface area contributed by atoms with Gasteiger partial charge in [0.1, 0.15) is 0 Å². The van der Waals surface area contributed by atoms with E-state index in [0.29, 0.717) is 27.0 Å². The van der Waals surface area contributed by atoms with Gasteiger partial charge in [-0.05, 0) is 55.3 Å². The van der Waals surface area contributed by atoms with Crippen molar-refractivity contribution >= 4 is 50.5 Å². The smallest absolute Gasteiger partial charge is 0.258 e. The van der Waals surface area contributed by atoms with Crippen LogP contribution in [-0.2, 0) is 10.0 Å². The molecular formula is C17H16Cl2N2O3S. The van der Waals surface area contributed by atoms with Gasteiger partial charge < -0.3 is 4.90 Å². The number of benzene rings is 2. The number of carbonyl (C=O) groups excluding carboxylic acids is 1. The summed E-state index contributed by atoms with van der Waals surface area (Å²) in [7, 11) is -3.34. The highest BCUT2D eigenvalue weighted by molar-refractivity contribution is 7.92. The molecule has 0 heterocycles. The Labute approximate surface area is 156 Å². The highest BCUT2D eigenvalue weighted by Gasteiger charge is 2.34. The Morgan fingerprint density at radius 1 is 1.08 bits per heavy atom. The van der Waals surface area contributed by atoms with Crippen LogP contribution in [0.1, 0.15) is 23.2 Å². The van der Waals surface area contributed by atoms with Crippen molar-refractivity contribution in [3.8, 4) is 0 Å². The monoisotopic (exact) mass is 398 g/mol. The first-order valence-corrected chi connectivity index (χ1v) is 10.3. The summed E-state index contributed by atoms with van der Waals surface area (Å²) in [6.45, 7) is 0. The molecule has 0 atom stereocenters. The van der Waals surface area contributed by atoms with Crippen LogP contribution in [0, 0.1) is 0 Å². The van der Waals surface area contributed by atoms with Crippen molar-refractivity contribution in [1.29, 1.82) is 0 Å². The first-order valence-electron chi connectivity index (χ1n) is 7.61. The van der Waals surface area contributed by atoms with Gasteiger partial charge in [-0.3, -0.25) is 9.52 Å². The number of anilines is 2. The summed E-state index contributed by atoms with van der Waals surface area (Å²) in [6, 6.07) is 11.6. The number of carbonyl (C=O) groups is 1. The molecule has 0 saturated heterocycles. The van der Waals surface area contributed by atoms with Gasteiger partial charge in [0, 0.05) is 23.0 Å². The van der Waals surface area contributed by atoms with E-state index in [1.807, 2.05) is 0 Å². The number of rotatable bonds is 5. The minimum atomic E-state index is -3.34. The van der Waals surface area contributed by atoms with Crippen LogP contribution < -0.4 is 9.62 Å². The molecule has 1 fully saturated rings. The number of nitrogens with one attached hydrogen (secondary N) is 1. The maximum Gasteiger partial charge on any atom is 0.258 e. The summed E-state index contributed by atoms with van der Waals surface area (Å²) in [4.78, 5) is 14.6. The second-order valence-corrected chi connectivity index (χ2v) is 8.52. The first kappa shape index (κ1) is 18.0. The maximum atomic E-state index is 12.9. The molecule has 2 aromatic rings. The molecule has 2 aromatic carbocycles. The third-order valence-corrected chi connectivity index (χ3v) is 5.09. The van der Waals surface area contributed by atoms with Crippen LogP contribution in [0.4, 0.5) is 11.4 Å². The van der Waals surface area contributed by atoms with Crippen LogP contribution in [0.15, 0.2) is 42.5 Å². The molecule has 0 unspecified atom stereocenters. The maximum absolute atomic E-state index is 12.9. The Hall–Kier alpha value is -1.76. The Morgan fingerprint density at radius 3 is 2.24 bits per heavy atom. The van der Waals surface area contributed by atoms with E-state index < -0.39 is 10.0 Å². The molecule has 3 rings (SSSR count). The summed E-state index contributed by atoms with van der Waals surface area (Å²) in [5, 5.41) is 0.725. The van der Waals surface area contributed by atoms with Gasteiger partial charge in [0.05, 0.1) is 16.3 Å². The predicted molar refractivity (Wildman–Crippen MR) is 101 cm³/mol. The van der Waals surface area contributed by atoms with Crippen LogP contribution in [0.2, 0.25) is 10.0 Å². The molecule has 5 nitrogen and oxygen atoms in total. The molecule has 0 aliphatic heterocycles. The predicted octanol–water partition coefficient (Wildman–Crippen LogP) is 4.17. The number of hydrogen-bond acceptors (Lipinski definition) is 3. The quantitative estimate of drug-likeness (QED) is 0.821. The molecule has 0 spiro atoms. The fraction of sp³-hybridized carbons (Fsp3) is 0.235. The van der Waals surface area contributed by atoms with Crippen LogP contribution in [0.3, 0.4) is 0 Å². The number of amides is 1. The molecule has 1 aliphatic carbocycles. The second kappa shape index (κ2) is 6.86. The third-order valence-electron chi connectivity index (χ3n) is 3.75. The van der Waals surface area contributed by atoms with Crippen LogP contribution in [-0.4, -0.2) is 26.6 Å². The van der Waals surface area contributed by atoms with Gasteiger partial charge in [-0.15, -0.1) is 0 Å². The number of halogens is 2. The number of nitrogens with zero attached hydrogens (tertiary/aromatic N) is 1. The van der Waals surface area contributed by atoms with Gasteiger partial charge in [0.2, 0.25) is 10.0 Å². The lowest BCUT2D eigenvalue weighted by Crippen LogP contribution is -2.33. The van der Waals surface area contributed by atoms with Gasteiger partial charge in [-0.2, -0.15) is 0 Å². The van der Waals surface area contributed by atoms with E-state index >= 15 is 0 Å². The lowest BCUT2D eigenvalue weighted by molar-refractivity contribution is 0.0985. The van der Waals surface area contributed by atoms with Crippen molar-refractivity contribution < 1.29 is 13.2 Å². The molecule has 1 N–H and O–H groups in total. The summed E-state index contributed by atoms with van der Waals surface area (Å²) in [5.74, 6) is -0.162. The van der Waals surface area contributed by atoms with E-state index in [-0.39, 0.29) is 11.9 Å². The average molecular weight is 399 g/mol. The van der Waals surface area contributed by atoms with Crippen molar-refractivity contribution in [3.63, 3.8) is 0 Å². The zero-order chi connectivity index (χ0) is 18.2. The second-order valence-electron chi connectivity index (χ2n) is 5.96. The average Bonchev–Trinajstić information content (AvgIpc) is 3.35. The van der Waals surface area contributed by atoms with Crippen molar-refractivity contribution in [2.24, 2.45) is 0 Å². The van der Waals surface area contributed by atoms with Gasteiger partial charge in [-0.25, -0.2) is 8.42 Å². The highest BCUT2D eigenvalue weighted by atomic mass is 35.5. The SMILES string of the molecule is CS(=O)(=O)Nc1ccc(N(C(=O)c2ccc(Cl)c(Cl)c2)C2CC2)cc1. The lowest BCUT2D eigenvalue weighted by Gasteiger charge is -2.23. The fourth-order valence-electron chi connectivity index (χ4n) is 2.50. The van der Waals surface area contributed by atoms with Crippen molar-refractivity contribution in [1.82, 2.24) is 0 Å². The Morgan fingerprint density at radius 2 is 1.72 bits per heavy atom. The summed E-state index contributed by atoms with van der Waals surface area (Å²) in [5.41, 5.74) is 1.61. The highest BCUT2D eigenvalue weighted by Crippen LogP contribution is 2.34. The largest absolute Gasteiger partial charge is 0.305 e. The molecule has 8 heteroatoms. The summed E-state index contributed by atoms with van der Waals surface area (Å²) in [6.07, 6.45) is 2.94. The molecule has 0 bridgehead atoms. The van der Waals surface area contributed by atoms with Gasteiger partial charge in [0.25, 0.3) is 5.91 Å². The van der Waals surface area contributed by atoms with E-state index in [0.717, 1.165) is 19.1 Å². The molecule has 25 heavy (non-hydrogen) atoms. The molecule has 1 saturated carbocycles. The third kappa shape index (κ3) is 4.45. The van der Waals surface area contributed by atoms with Crippen LogP contribution >= 0.6 is 23.2 Å². The summed E-state index contributed by atoms with van der Waals surface area (Å²) >= 11 is 11.9. The molecule has 132 valence electrons. The Balaban J connectivity index is 1.88. The van der Waals surface area contributed by atoms with Crippen molar-refractivity contribution in [3.05, 3.63) is 58.1 Å². The topological polar surface area (TPSA) is 66.5 Å². The van der Waals surface area contributed by atoms with E-state index in [4.69, 9.17) is 23.2 Å². The number of sulfonamides is 1. The van der Waals surface area contributed by atoms with E-state index in [1.165, 1.54) is 0 Å². The molecule has 1 aliphatic rings. The van der Waals surface area contributed by atoms with E-state index in [9.17, 15) is 13.2 Å². The Bertz CT molecular complexity index is 910. The van der Waals surface area contributed by atoms with Crippen LogP contribution in [0.5, 0.6) is 0 Å². The molecule has 0 aromatic heterocycles. The Kier molecular flexibility index (Phi) is 4.95. The van der Waals surface area contributed by atoms with Gasteiger partial charge in [0.15, 0.2) is 0 Å². The van der Waals surface area contributed by atoms with Crippen LogP contribution in [0.25, 0.3) is 0 Å². The minimum Gasteiger partial charge on any atom is -0.305 e. The van der Waals surface area contributed by atoms with E-state index in [1.54, 1.807) is 47.4 Å². The molecule has 1 amide bonds. The van der Waals surface area contributed by atoms with Crippen molar-refractivity contribution in [2.45, 2.75) is 18.9 Å². The molecule has 0 radical (unpaired) electrons. The fourth-order valence-corrected chi connectivity index (χ4v) is 3.36. The number of hydrogen-bond donors (Lipinski definition) is 1. The van der Waals surface area contributed by atoms with Gasteiger partial charge >= 0.3 is 0 Å². The molecular weight excluding hydrogens is 383 g/mol. The van der Waals surface area contributed by atoms with Crippen molar-refractivity contribution in [2.75, 3.05) is 15.9 Å².